The van der Waals surface area contributed by atoms with E-state index in [1.807, 2.05) is 0 Å². The van der Waals surface area contributed by atoms with Crippen LogP contribution in [0.15, 0.2) is 237 Å². The molecular formula is C65H48N2. The Morgan fingerprint density at radius 1 is 0.418 bits per heavy atom. The van der Waals surface area contributed by atoms with Crippen molar-refractivity contribution in [2.45, 2.75) is 31.6 Å². The SMILES string of the molecule is Cc1ccc(C2(c3cccc(N(c4cccc(-c5ccccc5)c4)c4cccc5c4c4ccc6c(c4n5-c4ccccc4)C(C)(C)c4ccccc4-6)c3)c3ccccc3-c3ccccc32)cc1. The van der Waals surface area contributed by atoms with Crippen molar-refractivity contribution in [1.82, 2.24) is 4.57 Å². The van der Waals surface area contributed by atoms with Crippen molar-refractivity contribution in [3.8, 4) is 39.1 Å². The molecule has 0 spiro atoms. The third kappa shape index (κ3) is 5.69. The number of fused-ring (bicyclic) bond motifs is 10. The van der Waals surface area contributed by atoms with Crippen LogP contribution in [0.4, 0.5) is 17.1 Å². The van der Waals surface area contributed by atoms with Gasteiger partial charge in [0, 0.05) is 33.2 Å². The molecule has 1 heterocycles. The standard InChI is InChI=1S/C65H48N2/c1-43-35-37-46(38-36-43)65(57-31-14-11-27-51(57)52-28-12-15-32-58(52)65)47-22-17-26-50(42-47)66(49-25-16-21-45(41-49)44-19-6-4-7-20-44)59-33-18-34-60-61(59)55-40-39-54-53-29-10-13-30-56(53)64(2,3)62(54)63(55)67(60)48-23-8-5-9-24-48/h4-42H,1-3H3. The van der Waals surface area contributed by atoms with Crippen LogP contribution in [0.2, 0.25) is 0 Å². The Balaban J connectivity index is 1.13. The molecule has 1 aromatic heterocycles. The molecule has 0 N–H and O–H groups in total. The Morgan fingerprint density at radius 3 is 1.69 bits per heavy atom. The van der Waals surface area contributed by atoms with Gasteiger partial charge in [0.15, 0.2) is 0 Å². The highest BCUT2D eigenvalue weighted by atomic mass is 15.1. The monoisotopic (exact) mass is 856 g/mol. The summed E-state index contributed by atoms with van der Waals surface area (Å²) in [6, 6.07) is 88.2. The van der Waals surface area contributed by atoms with Crippen molar-refractivity contribution in [2.24, 2.45) is 0 Å². The molecule has 0 saturated heterocycles. The lowest BCUT2D eigenvalue weighted by molar-refractivity contribution is 0.664. The number of hydrogen-bond donors (Lipinski definition) is 0. The van der Waals surface area contributed by atoms with Crippen LogP contribution in [0.1, 0.15) is 52.8 Å². The summed E-state index contributed by atoms with van der Waals surface area (Å²) in [5.41, 5.74) is 22.8. The molecule has 10 aromatic carbocycles. The maximum atomic E-state index is 2.54. The highest BCUT2D eigenvalue weighted by molar-refractivity contribution is 6.19. The average molecular weight is 857 g/mol. The second-order valence-corrected chi connectivity index (χ2v) is 18.9. The molecule has 0 bridgehead atoms. The molecule has 2 aliphatic carbocycles. The second-order valence-electron chi connectivity index (χ2n) is 18.9. The van der Waals surface area contributed by atoms with Crippen LogP contribution in [-0.2, 0) is 10.8 Å². The zero-order valence-electron chi connectivity index (χ0n) is 37.9. The number of para-hydroxylation sites is 1. The van der Waals surface area contributed by atoms with Gasteiger partial charge in [-0.05, 0) is 122 Å². The topological polar surface area (TPSA) is 8.17 Å². The number of aromatic nitrogens is 1. The number of hydrogen-bond acceptors (Lipinski definition) is 1. The van der Waals surface area contributed by atoms with Gasteiger partial charge in [-0.2, -0.15) is 0 Å². The Kier molecular flexibility index (Phi) is 8.73. The van der Waals surface area contributed by atoms with E-state index in [9.17, 15) is 0 Å². The summed E-state index contributed by atoms with van der Waals surface area (Å²) in [5.74, 6) is 0. The van der Waals surface area contributed by atoms with E-state index in [0.29, 0.717) is 0 Å². The summed E-state index contributed by atoms with van der Waals surface area (Å²) in [5, 5.41) is 2.46. The number of rotatable bonds is 7. The maximum Gasteiger partial charge on any atom is 0.0714 e. The largest absolute Gasteiger partial charge is 0.310 e. The van der Waals surface area contributed by atoms with Crippen LogP contribution >= 0.6 is 0 Å². The Labute approximate surface area is 392 Å². The number of nitrogens with zero attached hydrogens (tertiary/aromatic N) is 2. The molecule has 67 heavy (non-hydrogen) atoms. The van der Waals surface area contributed by atoms with E-state index in [4.69, 9.17) is 0 Å². The molecule has 0 fully saturated rings. The fourth-order valence-corrected chi connectivity index (χ4v) is 12.0. The molecule has 0 atom stereocenters. The summed E-state index contributed by atoms with van der Waals surface area (Å²) in [6.45, 7) is 6.99. The minimum absolute atomic E-state index is 0.220. The van der Waals surface area contributed by atoms with Crippen LogP contribution < -0.4 is 4.90 Å². The summed E-state index contributed by atoms with van der Waals surface area (Å²) >= 11 is 0. The van der Waals surface area contributed by atoms with E-state index in [-0.39, 0.29) is 5.41 Å². The zero-order chi connectivity index (χ0) is 44.9. The minimum Gasteiger partial charge on any atom is -0.310 e. The van der Waals surface area contributed by atoms with Gasteiger partial charge >= 0.3 is 0 Å². The summed E-state index contributed by atoms with van der Waals surface area (Å²) < 4.78 is 2.54. The van der Waals surface area contributed by atoms with E-state index >= 15 is 0 Å². The maximum absolute atomic E-state index is 2.54. The van der Waals surface area contributed by atoms with Gasteiger partial charge < -0.3 is 9.47 Å². The number of benzene rings is 10. The molecule has 2 nitrogen and oxygen atoms in total. The summed E-state index contributed by atoms with van der Waals surface area (Å²) in [6.07, 6.45) is 0. The number of anilines is 3. The predicted molar refractivity (Wildman–Crippen MR) is 281 cm³/mol. The molecule has 318 valence electrons. The van der Waals surface area contributed by atoms with Gasteiger partial charge in [-0.15, -0.1) is 0 Å². The Hall–Kier alpha value is -8.20. The second kappa shape index (κ2) is 14.9. The predicted octanol–water partition coefficient (Wildman–Crippen LogP) is 16.9. The van der Waals surface area contributed by atoms with Crippen molar-refractivity contribution in [1.29, 1.82) is 0 Å². The molecule has 0 aliphatic heterocycles. The van der Waals surface area contributed by atoms with Crippen molar-refractivity contribution in [3.05, 3.63) is 276 Å². The molecule has 2 aliphatic rings. The van der Waals surface area contributed by atoms with Crippen LogP contribution in [-0.4, -0.2) is 4.57 Å². The third-order valence-corrected chi connectivity index (χ3v) is 14.9. The first-order chi connectivity index (χ1) is 32.9. The average Bonchev–Trinajstić information content (AvgIpc) is 3.97. The lowest BCUT2D eigenvalue weighted by Gasteiger charge is -2.35. The van der Waals surface area contributed by atoms with Crippen LogP contribution in [0, 0.1) is 6.92 Å². The molecule has 13 rings (SSSR count). The van der Waals surface area contributed by atoms with Crippen LogP contribution in [0.25, 0.3) is 60.9 Å². The van der Waals surface area contributed by atoms with E-state index in [0.717, 1.165) is 22.7 Å². The van der Waals surface area contributed by atoms with Crippen molar-refractivity contribution < 1.29 is 0 Å². The fraction of sp³-hybridized carbons (Fsp3) is 0.0769. The van der Waals surface area contributed by atoms with Gasteiger partial charge in [0.25, 0.3) is 0 Å². The normalized spacial score (nSPS) is 13.8. The molecule has 0 amide bonds. The summed E-state index contributed by atoms with van der Waals surface area (Å²) in [7, 11) is 0. The fourth-order valence-electron chi connectivity index (χ4n) is 12.0. The van der Waals surface area contributed by atoms with Gasteiger partial charge in [0.05, 0.1) is 22.1 Å². The Morgan fingerprint density at radius 2 is 0.985 bits per heavy atom. The number of aryl methyl sites for hydroxylation is 1. The van der Waals surface area contributed by atoms with Crippen molar-refractivity contribution in [3.63, 3.8) is 0 Å². The Bertz CT molecular complexity index is 3680. The van der Waals surface area contributed by atoms with Gasteiger partial charge in [-0.1, -0.05) is 207 Å². The molecular weight excluding hydrogens is 809 g/mol. The summed E-state index contributed by atoms with van der Waals surface area (Å²) in [4.78, 5) is 2.52. The van der Waals surface area contributed by atoms with E-state index in [2.05, 4.69) is 267 Å². The van der Waals surface area contributed by atoms with Gasteiger partial charge in [0.2, 0.25) is 0 Å². The third-order valence-electron chi connectivity index (χ3n) is 14.9. The minimum atomic E-state index is -0.551. The highest BCUT2D eigenvalue weighted by Gasteiger charge is 2.46. The molecule has 0 unspecified atom stereocenters. The molecule has 0 saturated carbocycles. The van der Waals surface area contributed by atoms with Gasteiger partial charge in [0.1, 0.15) is 0 Å². The van der Waals surface area contributed by atoms with E-state index in [1.165, 1.54) is 94.1 Å². The lowest BCUT2D eigenvalue weighted by atomic mass is 9.67. The van der Waals surface area contributed by atoms with Gasteiger partial charge in [-0.25, -0.2) is 0 Å². The zero-order valence-corrected chi connectivity index (χ0v) is 37.9. The molecule has 0 radical (unpaired) electrons. The first kappa shape index (κ1) is 39.2. The highest BCUT2D eigenvalue weighted by Crippen LogP contribution is 2.58. The van der Waals surface area contributed by atoms with Crippen molar-refractivity contribution in [2.75, 3.05) is 4.90 Å². The molecule has 11 aromatic rings. The van der Waals surface area contributed by atoms with E-state index < -0.39 is 5.41 Å². The molecule has 2 heteroatoms. The van der Waals surface area contributed by atoms with Crippen LogP contribution in [0.3, 0.4) is 0 Å². The van der Waals surface area contributed by atoms with E-state index in [1.54, 1.807) is 0 Å². The first-order valence-corrected chi connectivity index (χ1v) is 23.5. The quantitative estimate of drug-likeness (QED) is 0.155. The first-order valence-electron chi connectivity index (χ1n) is 23.5. The van der Waals surface area contributed by atoms with Gasteiger partial charge in [-0.3, -0.25) is 0 Å². The lowest BCUT2D eigenvalue weighted by Crippen LogP contribution is -2.29. The van der Waals surface area contributed by atoms with Crippen molar-refractivity contribution >= 4 is 38.9 Å². The van der Waals surface area contributed by atoms with Crippen LogP contribution in [0.5, 0.6) is 0 Å². The smallest absolute Gasteiger partial charge is 0.0714 e.